The Bertz CT molecular complexity index is 556. The quantitative estimate of drug-likeness (QED) is 0.839. The molecule has 0 aromatic carbocycles. The lowest BCUT2D eigenvalue weighted by Crippen LogP contribution is -2.29. The summed E-state index contributed by atoms with van der Waals surface area (Å²) in [7, 11) is 0. The molecule has 0 bridgehead atoms. The van der Waals surface area contributed by atoms with Crippen molar-refractivity contribution in [1.29, 1.82) is 0 Å². The zero-order valence-corrected chi connectivity index (χ0v) is 12.1. The maximum Gasteiger partial charge on any atom is 0.141 e. The second-order valence-corrected chi connectivity index (χ2v) is 5.34. The second-order valence-electron chi connectivity index (χ2n) is 4.48. The monoisotopic (exact) mass is 281 g/mol. The van der Waals surface area contributed by atoms with Crippen LogP contribution in [-0.4, -0.2) is 46.5 Å². The van der Waals surface area contributed by atoms with E-state index in [4.69, 9.17) is 5.11 Å². The summed E-state index contributed by atoms with van der Waals surface area (Å²) in [6.45, 7) is 5.32. The van der Waals surface area contributed by atoms with Crippen LogP contribution in [0.25, 0.3) is 10.2 Å². The van der Waals surface area contributed by atoms with Crippen molar-refractivity contribution in [2.24, 2.45) is 0 Å². The molecule has 0 atom stereocenters. The molecule has 0 aliphatic carbocycles. The summed E-state index contributed by atoms with van der Waals surface area (Å²) in [5.74, 6) is 1.60. The predicted octanol–water partition coefficient (Wildman–Crippen LogP) is 1.49. The van der Waals surface area contributed by atoms with E-state index in [1.165, 1.54) is 0 Å². The predicted molar refractivity (Wildman–Crippen MR) is 77.9 cm³/mol. The third-order valence-electron chi connectivity index (χ3n) is 2.97. The number of hydrogen-bond acceptors (Lipinski definition) is 6. The zero-order chi connectivity index (χ0) is 13.8. The van der Waals surface area contributed by atoms with Crippen LogP contribution in [0.4, 0.5) is 5.82 Å². The molecule has 2 aromatic heterocycles. The van der Waals surface area contributed by atoms with Gasteiger partial charge in [0.1, 0.15) is 16.5 Å². The molecule has 0 radical (unpaired) electrons. The van der Waals surface area contributed by atoms with Crippen molar-refractivity contribution in [2.45, 2.75) is 20.3 Å². The molecule has 0 saturated carbocycles. The van der Waals surface area contributed by atoms with E-state index in [0.29, 0.717) is 19.5 Å². The number of hydrogen-bond donors (Lipinski definition) is 2. The first-order valence-corrected chi connectivity index (χ1v) is 7.24. The summed E-state index contributed by atoms with van der Waals surface area (Å²) in [6.07, 6.45) is 0.660. The van der Waals surface area contributed by atoms with Crippen molar-refractivity contribution in [1.82, 2.24) is 9.97 Å². The standard InChI is InChI=1S/C13H19N3O2S/c1-9-8-19-13-11(9)12(14-10(2)15-13)16(5-7-18)4-3-6-17/h8,17-18H,3-7H2,1-2H3. The Labute approximate surface area is 116 Å². The molecule has 19 heavy (non-hydrogen) atoms. The highest BCUT2D eigenvalue weighted by Gasteiger charge is 2.16. The van der Waals surface area contributed by atoms with Crippen molar-refractivity contribution in [3.63, 3.8) is 0 Å². The number of aliphatic hydroxyl groups excluding tert-OH is 2. The van der Waals surface area contributed by atoms with E-state index in [1.807, 2.05) is 18.7 Å². The van der Waals surface area contributed by atoms with E-state index in [2.05, 4.69) is 15.3 Å². The Morgan fingerprint density at radius 3 is 2.63 bits per heavy atom. The number of thiophene rings is 1. The molecule has 0 fully saturated rings. The molecule has 0 saturated heterocycles. The van der Waals surface area contributed by atoms with Gasteiger partial charge in [0.05, 0.1) is 12.0 Å². The van der Waals surface area contributed by atoms with Crippen LogP contribution >= 0.6 is 11.3 Å². The lowest BCUT2D eigenvalue weighted by atomic mass is 10.2. The first-order chi connectivity index (χ1) is 9.17. The topological polar surface area (TPSA) is 69.5 Å². The van der Waals surface area contributed by atoms with Crippen molar-refractivity contribution in [3.05, 3.63) is 16.8 Å². The van der Waals surface area contributed by atoms with Gasteiger partial charge in [0.15, 0.2) is 0 Å². The fourth-order valence-corrected chi connectivity index (χ4v) is 3.06. The summed E-state index contributed by atoms with van der Waals surface area (Å²) in [5.41, 5.74) is 1.15. The molecule has 5 nitrogen and oxygen atoms in total. The van der Waals surface area contributed by atoms with Crippen molar-refractivity contribution >= 4 is 27.4 Å². The van der Waals surface area contributed by atoms with Crippen LogP contribution in [0.1, 0.15) is 17.8 Å². The van der Waals surface area contributed by atoms with Gasteiger partial charge in [0.25, 0.3) is 0 Å². The minimum absolute atomic E-state index is 0.0686. The SMILES string of the molecule is Cc1nc(N(CCO)CCCO)c2c(C)csc2n1. The van der Waals surface area contributed by atoms with Gasteiger partial charge in [-0.25, -0.2) is 9.97 Å². The number of rotatable bonds is 6. The largest absolute Gasteiger partial charge is 0.396 e. The van der Waals surface area contributed by atoms with Crippen molar-refractivity contribution in [3.8, 4) is 0 Å². The van der Waals surface area contributed by atoms with Crippen LogP contribution in [0.2, 0.25) is 0 Å². The Kier molecular flexibility index (Phi) is 4.68. The highest BCUT2D eigenvalue weighted by atomic mass is 32.1. The van der Waals surface area contributed by atoms with E-state index in [0.717, 1.165) is 27.4 Å². The minimum atomic E-state index is 0.0686. The Hall–Kier alpha value is -1.24. The lowest BCUT2D eigenvalue weighted by molar-refractivity contribution is 0.281. The fraction of sp³-hybridized carbons (Fsp3) is 0.538. The molecule has 0 spiro atoms. The Balaban J connectivity index is 2.47. The van der Waals surface area contributed by atoms with Crippen LogP contribution < -0.4 is 4.90 Å². The normalized spacial score (nSPS) is 11.2. The van der Waals surface area contributed by atoms with Crippen LogP contribution in [0.5, 0.6) is 0 Å². The average Bonchev–Trinajstić information content (AvgIpc) is 2.75. The lowest BCUT2D eigenvalue weighted by Gasteiger charge is -2.23. The van der Waals surface area contributed by atoms with Gasteiger partial charge in [-0.05, 0) is 31.2 Å². The molecular weight excluding hydrogens is 262 g/mol. The number of aromatic nitrogens is 2. The van der Waals surface area contributed by atoms with E-state index >= 15 is 0 Å². The maximum absolute atomic E-state index is 9.21. The molecule has 0 unspecified atom stereocenters. The molecule has 2 rings (SSSR count). The summed E-state index contributed by atoms with van der Waals surface area (Å²) in [5, 5.41) is 21.3. The van der Waals surface area contributed by atoms with Crippen LogP contribution in [0.3, 0.4) is 0 Å². The maximum atomic E-state index is 9.21. The number of aliphatic hydroxyl groups is 2. The van der Waals surface area contributed by atoms with E-state index in [9.17, 15) is 5.11 Å². The van der Waals surface area contributed by atoms with E-state index < -0.39 is 0 Å². The summed E-state index contributed by atoms with van der Waals surface area (Å²) in [4.78, 5) is 12.0. The highest BCUT2D eigenvalue weighted by Crippen LogP contribution is 2.31. The summed E-state index contributed by atoms with van der Waals surface area (Å²) >= 11 is 1.61. The molecule has 6 heteroatoms. The molecule has 2 aromatic rings. The van der Waals surface area contributed by atoms with Gasteiger partial charge in [-0.1, -0.05) is 0 Å². The number of aryl methyl sites for hydroxylation is 2. The van der Waals surface area contributed by atoms with Gasteiger partial charge in [0.2, 0.25) is 0 Å². The number of fused-ring (bicyclic) bond motifs is 1. The van der Waals surface area contributed by atoms with Crippen LogP contribution in [-0.2, 0) is 0 Å². The molecule has 0 aliphatic heterocycles. The molecule has 2 heterocycles. The van der Waals surface area contributed by atoms with Gasteiger partial charge >= 0.3 is 0 Å². The second kappa shape index (κ2) is 6.27. The van der Waals surface area contributed by atoms with Crippen LogP contribution in [0, 0.1) is 13.8 Å². The molecule has 0 aliphatic rings. The van der Waals surface area contributed by atoms with Gasteiger partial charge in [-0.3, -0.25) is 0 Å². The molecule has 104 valence electrons. The van der Waals surface area contributed by atoms with Crippen molar-refractivity contribution in [2.75, 3.05) is 31.2 Å². The zero-order valence-electron chi connectivity index (χ0n) is 11.3. The fourth-order valence-electron chi connectivity index (χ4n) is 2.10. The average molecular weight is 281 g/mol. The molecular formula is C13H19N3O2S. The van der Waals surface area contributed by atoms with Gasteiger partial charge in [0, 0.05) is 19.7 Å². The summed E-state index contributed by atoms with van der Waals surface area (Å²) in [6, 6.07) is 0. The number of anilines is 1. The van der Waals surface area contributed by atoms with Gasteiger partial charge < -0.3 is 15.1 Å². The van der Waals surface area contributed by atoms with E-state index in [1.54, 1.807) is 11.3 Å². The molecule has 0 amide bonds. The first kappa shape index (κ1) is 14.2. The highest BCUT2D eigenvalue weighted by molar-refractivity contribution is 7.17. The first-order valence-electron chi connectivity index (χ1n) is 6.36. The van der Waals surface area contributed by atoms with Gasteiger partial charge in [-0.15, -0.1) is 11.3 Å². The number of nitrogens with zero attached hydrogens (tertiary/aromatic N) is 3. The summed E-state index contributed by atoms with van der Waals surface area (Å²) < 4.78 is 0. The van der Waals surface area contributed by atoms with E-state index in [-0.39, 0.29) is 13.2 Å². The van der Waals surface area contributed by atoms with Crippen molar-refractivity contribution < 1.29 is 10.2 Å². The third-order valence-corrected chi connectivity index (χ3v) is 3.96. The molecule has 2 N–H and O–H groups in total. The minimum Gasteiger partial charge on any atom is -0.396 e. The smallest absolute Gasteiger partial charge is 0.141 e. The van der Waals surface area contributed by atoms with Crippen LogP contribution in [0.15, 0.2) is 5.38 Å². The Morgan fingerprint density at radius 1 is 1.16 bits per heavy atom. The third kappa shape index (κ3) is 3.02. The Morgan fingerprint density at radius 2 is 1.95 bits per heavy atom. The van der Waals surface area contributed by atoms with Gasteiger partial charge in [-0.2, -0.15) is 0 Å².